The van der Waals surface area contributed by atoms with E-state index >= 15 is 0 Å². The molecular weight excluding hydrogens is 375 g/mol. The maximum Gasteiger partial charge on any atom is 0.434 e. The van der Waals surface area contributed by atoms with Crippen LogP contribution in [-0.4, -0.2) is 48.1 Å². The number of alkyl halides is 3. The molecule has 1 aliphatic heterocycles. The Morgan fingerprint density at radius 3 is 2.52 bits per heavy atom. The van der Waals surface area contributed by atoms with Gasteiger partial charge < -0.3 is 15.5 Å². The van der Waals surface area contributed by atoms with Crippen LogP contribution < -0.4 is 10.6 Å². The molecule has 1 aromatic rings. The number of halogens is 3. The summed E-state index contributed by atoms with van der Waals surface area (Å²) in [6.45, 7) is 2.43. The van der Waals surface area contributed by atoms with Gasteiger partial charge in [0.1, 0.15) is 5.01 Å². The second-order valence-electron chi connectivity index (χ2n) is 7.30. The molecule has 2 fully saturated rings. The van der Waals surface area contributed by atoms with Crippen LogP contribution in [0.15, 0.2) is 10.4 Å². The Morgan fingerprint density at radius 1 is 1.22 bits per heavy atom. The minimum absolute atomic E-state index is 0.237. The molecule has 1 aliphatic carbocycles. The highest BCUT2D eigenvalue weighted by molar-refractivity contribution is 7.09. The van der Waals surface area contributed by atoms with E-state index in [2.05, 4.69) is 25.5 Å². The van der Waals surface area contributed by atoms with Gasteiger partial charge in [0.15, 0.2) is 11.7 Å². The SMILES string of the molecule is CN=C(NCc1nc(C(F)(F)F)cs1)NC1CCN(C2CCCCC2)CC1. The number of guanidine groups is 1. The first-order valence-electron chi connectivity index (χ1n) is 9.68. The number of piperidine rings is 1. The molecule has 9 heteroatoms. The third-order valence-corrected chi connectivity index (χ3v) is 6.28. The fourth-order valence-electron chi connectivity index (χ4n) is 3.92. The van der Waals surface area contributed by atoms with Gasteiger partial charge in [0.05, 0.1) is 6.54 Å². The molecule has 1 saturated carbocycles. The number of aromatic nitrogens is 1. The molecule has 1 aromatic heterocycles. The molecule has 0 aromatic carbocycles. The van der Waals surface area contributed by atoms with E-state index in [4.69, 9.17) is 0 Å². The first kappa shape index (κ1) is 20.4. The standard InChI is InChI=1S/C18H28F3N5S/c1-22-17(23-11-16-25-15(12-27-16)18(19,20)21)24-13-7-9-26(10-8-13)14-5-3-2-4-6-14/h12-14H,2-11H2,1H3,(H2,22,23,24). The number of thiazole rings is 1. The number of rotatable bonds is 4. The Hall–Kier alpha value is -1.35. The van der Waals surface area contributed by atoms with E-state index in [0.29, 0.717) is 17.0 Å². The van der Waals surface area contributed by atoms with Crippen LogP contribution in [0.1, 0.15) is 55.6 Å². The van der Waals surface area contributed by atoms with Crippen molar-refractivity contribution in [2.75, 3.05) is 20.1 Å². The summed E-state index contributed by atoms with van der Waals surface area (Å²) < 4.78 is 37.9. The molecule has 0 spiro atoms. The Balaban J connectivity index is 1.42. The Kier molecular flexibility index (Phi) is 6.97. The fourth-order valence-corrected chi connectivity index (χ4v) is 4.67. The number of nitrogens with one attached hydrogen (secondary N) is 2. The number of hydrogen-bond acceptors (Lipinski definition) is 4. The normalized spacial score (nSPS) is 21.4. The molecule has 2 heterocycles. The lowest BCUT2D eigenvalue weighted by Crippen LogP contribution is -2.50. The van der Waals surface area contributed by atoms with E-state index in [9.17, 15) is 13.2 Å². The Labute approximate surface area is 162 Å². The van der Waals surface area contributed by atoms with Gasteiger partial charge in [-0.25, -0.2) is 4.98 Å². The van der Waals surface area contributed by atoms with Crippen molar-refractivity contribution in [3.8, 4) is 0 Å². The first-order valence-corrected chi connectivity index (χ1v) is 10.6. The summed E-state index contributed by atoms with van der Waals surface area (Å²) in [4.78, 5) is 10.5. The second kappa shape index (κ2) is 9.23. The third-order valence-electron chi connectivity index (χ3n) is 5.43. The maximum atomic E-state index is 12.6. The van der Waals surface area contributed by atoms with Gasteiger partial charge in [-0.2, -0.15) is 13.2 Å². The molecule has 152 valence electrons. The van der Waals surface area contributed by atoms with E-state index in [1.807, 2.05) is 0 Å². The van der Waals surface area contributed by atoms with Crippen molar-refractivity contribution in [2.45, 2.75) is 69.8 Å². The molecule has 1 saturated heterocycles. The van der Waals surface area contributed by atoms with Gasteiger partial charge in [0, 0.05) is 37.6 Å². The van der Waals surface area contributed by atoms with Crippen LogP contribution in [0.25, 0.3) is 0 Å². The predicted molar refractivity (Wildman–Crippen MR) is 102 cm³/mol. The molecule has 0 atom stereocenters. The zero-order valence-electron chi connectivity index (χ0n) is 15.7. The summed E-state index contributed by atoms with van der Waals surface area (Å²) in [6, 6.07) is 1.10. The first-order chi connectivity index (χ1) is 13.0. The smallest absolute Gasteiger partial charge is 0.354 e. The molecule has 3 rings (SSSR count). The molecule has 27 heavy (non-hydrogen) atoms. The highest BCUT2D eigenvalue weighted by atomic mass is 32.1. The zero-order valence-corrected chi connectivity index (χ0v) is 16.5. The molecule has 2 N–H and O–H groups in total. The van der Waals surface area contributed by atoms with Crippen LogP contribution in [0.2, 0.25) is 0 Å². The second-order valence-corrected chi connectivity index (χ2v) is 8.24. The summed E-state index contributed by atoms with van der Waals surface area (Å²) in [6.07, 6.45) is 4.48. The summed E-state index contributed by atoms with van der Waals surface area (Å²) in [5.74, 6) is 0.620. The van der Waals surface area contributed by atoms with Crippen LogP contribution in [0.3, 0.4) is 0 Å². The Bertz CT molecular complexity index is 617. The fraction of sp³-hybridized carbons (Fsp3) is 0.778. The van der Waals surface area contributed by atoms with Gasteiger partial charge in [-0.1, -0.05) is 19.3 Å². The molecule has 0 radical (unpaired) electrons. The lowest BCUT2D eigenvalue weighted by atomic mass is 9.92. The number of hydrogen-bond donors (Lipinski definition) is 2. The molecule has 2 aliphatic rings. The van der Waals surface area contributed by atoms with Crippen molar-refractivity contribution in [3.63, 3.8) is 0 Å². The van der Waals surface area contributed by atoms with E-state index in [0.717, 1.165) is 48.7 Å². The molecule has 0 unspecified atom stereocenters. The highest BCUT2D eigenvalue weighted by Gasteiger charge is 2.33. The maximum absolute atomic E-state index is 12.6. The molecule has 5 nitrogen and oxygen atoms in total. The van der Waals surface area contributed by atoms with Crippen molar-refractivity contribution in [2.24, 2.45) is 4.99 Å². The molecular formula is C18H28F3N5S. The summed E-state index contributed by atoms with van der Waals surface area (Å²) in [5, 5.41) is 7.93. The van der Waals surface area contributed by atoms with Crippen LogP contribution in [-0.2, 0) is 12.7 Å². The van der Waals surface area contributed by atoms with Crippen molar-refractivity contribution in [1.82, 2.24) is 20.5 Å². The average Bonchev–Trinajstić information content (AvgIpc) is 3.16. The van der Waals surface area contributed by atoms with E-state index < -0.39 is 11.9 Å². The lowest BCUT2D eigenvalue weighted by molar-refractivity contribution is -0.140. The number of aliphatic imine (C=N–C) groups is 1. The number of likely N-dealkylation sites (tertiary alicyclic amines) is 1. The van der Waals surface area contributed by atoms with Gasteiger partial charge in [0.2, 0.25) is 0 Å². The third kappa shape index (κ3) is 5.81. The molecule has 0 bridgehead atoms. The van der Waals surface area contributed by atoms with Crippen molar-refractivity contribution >= 4 is 17.3 Å². The van der Waals surface area contributed by atoms with Crippen molar-refractivity contribution in [3.05, 3.63) is 16.1 Å². The predicted octanol–water partition coefficient (Wildman–Crippen LogP) is 3.62. The lowest BCUT2D eigenvalue weighted by Gasteiger charge is -2.39. The van der Waals surface area contributed by atoms with E-state index in [1.54, 1.807) is 7.05 Å². The van der Waals surface area contributed by atoms with Crippen molar-refractivity contribution in [1.29, 1.82) is 0 Å². The quantitative estimate of drug-likeness (QED) is 0.596. The van der Waals surface area contributed by atoms with Crippen molar-refractivity contribution < 1.29 is 13.2 Å². The highest BCUT2D eigenvalue weighted by Crippen LogP contribution is 2.30. The van der Waals surface area contributed by atoms with E-state index in [1.165, 1.54) is 32.1 Å². The summed E-state index contributed by atoms with van der Waals surface area (Å²) in [7, 11) is 1.68. The average molecular weight is 404 g/mol. The summed E-state index contributed by atoms with van der Waals surface area (Å²) in [5.41, 5.74) is -0.831. The number of nitrogens with zero attached hydrogens (tertiary/aromatic N) is 3. The van der Waals surface area contributed by atoms with Crippen LogP contribution in [0.5, 0.6) is 0 Å². The van der Waals surface area contributed by atoms with Gasteiger partial charge in [-0.3, -0.25) is 4.99 Å². The van der Waals surface area contributed by atoms with Crippen LogP contribution in [0.4, 0.5) is 13.2 Å². The van der Waals surface area contributed by atoms with Crippen LogP contribution >= 0.6 is 11.3 Å². The Morgan fingerprint density at radius 2 is 1.93 bits per heavy atom. The van der Waals surface area contributed by atoms with E-state index in [-0.39, 0.29) is 6.54 Å². The van der Waals surface area contributed by atoms with Gasteiger partial charge in [0.25, 0.3) is 0 Å². The minimum Gasteiger partial charge on any atom is -0.354 e. The van der Waals surface area contributed by atoms with Gasteiger partial charge in [-0.15, -0.1) is 11.3 Å². The monoisotopic (exact) mass is 403 g/mol. The minimum atomic E-state index is -4.39. The topological polar surface area (TPSA) is 52.6 Å². The molecule has 0 amide bonds. The summed E-state index contributed by atoms with van der Waals surface area (Å²) >= 11 is 1.01. The van der Waals surface area contributed by atoms with Gasteiger partial charge >= 0.3 is 6.18 Å². The van der Waals surface area contributed by atoms with Gasteiger partial charge in [-0.05, 0) is 25.7 Å². The largest absolute Gasteiger partial charge is 0.434 e. The van der Waals surface area contributed by atoms with Crippen LogP contribution in [0, 0.1) is 0 Å². The zero-order chi connectivity index (χ0) is 19.3.